The zero-order chi connectivity index (χ0) is 14.5. The predicted molar refractivity (Wildman–Crippen MR) is 80.4 cm³/mol. The van der Waals surface area contributed by atoms with Crippen LogP contribution in [-0.2, 0) is 10.5 Å². The molecule has 1 heterocycles. The molecule has 7 heteroatoms. The van der Waals surface area contributed by atoms with Crippen LogP contribution in [0.1, 0.15) is 19.2 Å². The number of halogens is 1. The molecule has 0 aliphatic carbocycles. The summed E-state index contributed by atoms with van der Waals surface area (Å²) in [6, 6.07) is 7.64. The first-order valence-electron chi connectivity index (χ1n) is 5.96. The van der Waals surface area contributed by atoms with Gasteiger partial charge in [-0.05, 0) is 12.1 Å². The first-order chi connectivity index (χ1) is 9.54. The average Bonchev–Trinajstić information content (AvgIpc) is 2.84. The summed E-state index contributed by atoms with van der Waals surface area (Å²) in [6.45, 7) is 1.87. The van der Waals surface area contributed by atoms with Crippen LogP contribution in [0.25, 0.3) is 11.4 Å². The molecule has 0 saturated carbocycles. The van der Waals surface area contributed by atoms with Crippen LogP contribution in [0.4, 0.5) is 0 Å². The van der Waals surface area contributed by atoms with Gasteiger partial charge in [0, 0.05) is 15.3 Å². The molecule has 0 aliphatic heterocycles. The van der Waals surface area contributed by atoms with Crippen LogP contribution in [-0.4, -0.2) is 26.5 Å². The van der Waals surface area contributed by atoms with E-state index in [4.69, 9.17) is 9.63 Å². The molecule has 1 aromatic carbocycles. The lowest BCUT2D eigenvalue weighted by atomic mass is 10.2. The number of hydrogen-bond acceptors (Lipinski definition) is 5. The number of nitrogens with zero attached hydrogens (tertiary/aromatic N) is 2. The minimum absolute atomic E-state index is 0.00807. The summed E-state index contributed by atoms with van der Waals surface area (Å²) in [5.41, 5.74) is 0.873. The second-order valence-corrected chi connectivity index (χ2v) is 6.58. The van der Waals surface area contributed by atoms with Gasteiger partial charge in [-0.2, -0.15) is 4.98 Å². The smallest absolute Gasteiger partial charge is 0.304 e. The maximum Gasteiger partial charge on any atom is 0.304 e. The highest BCUT2D eigenvalue weighted by Gasteiger charge is 2.12. The molecule has 20 heavy (non-hydrogen) atoms. The Labute approximate surface area is 128 Å². The summed E-state index contributed by atoms with van der Waals surface area (Å²) in [5.74, 6) is 0.746. The van der Waals surface area contributed by atoms with Gasteiger partial charge < -0.3 is 9.63 Å². The molecule has 0 spiro atoms. The number of carboxylic acid groups (broad SMARTS) is 1. The van der Waals surface area contributed by atoms with Crippen molar-refractivity contribution < 1.29 is 14.4 Å². The molecule has 0 saturated heterocycles. The van der Waals surface area contributed by atoms with Crippen LogP contribution in [0.2, 0.25) is 0 Å². The SMILES string of the molecule is CC(CC(=O)O)SCc1nc(-c2cccc(Br)c2)no1. The van der Waals surface area contributed by atoms with E-state index in [9.17, 15) is 4.79 Å². The van der Waals surface area contributed by atoms with Gasteiger partial charge in [-0.15, -0.1) is 11.8 Å². The van der Waals surface area contributed by atoms with E-state index in [1.165, 1.54) is 11.8 Å². The highest BCUT2D eigenvalue weighted by molar-refractivity contribution is 9.10. The van der Waals surface area contributed by atoms with Gasteiger partial charge in [-0.3, -0.25) is 4.79 Å². The van der Waals surface area contributed by atoms with Gasteiger partial charge in [0.15, 0.2) is 0 Å². The lowest BCUT2D eigenvalue weighted by Gasteiger charge is -2.04. The number of aromatic nitrogens is 2. The monoisotopic (exact) mass is 356 g/mol. The summed E-state index contributed by atoms with van der Waals surface area (Å²) in [7, 11) is 0. The van der Waals surface area contributed by atoms with E-state index in [0.29, 0.717) is 17.5 Å². The molecule has 0 radical (unpaired) electrons. The molecular formula is C13H13BrN2O3S. The first-order valence-corrected chi connectivity index (χ1v) is 7.80. The van der Waals surface area contributed by atoms with Crippen molar-refractivity contribution in [3.63, 3.8) is 0 Å². The van der Waals surface area contributed by atoms with Gasteiger partial charge in [0.1, 0.15) is 0 Å². The highest BCUT2D eigenvalue weighted by atomic mass is 79.9. The third kappa shape index (κ3) is 4.35. The Kier molecular flexibility index (Phi) is 5.19. The van der Waals surface area contributed by atoms with E-state index in [1.54, 1.807) is 0 Å². The minimum atomic E-state index is -0.801. The fraction of sp³-hybridized carbons (Fsp3) is 0.308. The van der Waals surface area contributed by atoms with Crippen molar-refractivity contribution in [2.75, 3.05) is 0 Å². The minimum Gasteiger partial charge on any atom is -0.481 e. The summed E-state index contributed by atoms with van der Waals surface area (Å²) in [6.07, 6.45) is 0.122. The maximum atomic E-state index is 10.6. The maximum absolute atomic E-state index is 10.6. The zero-order valence-electron chi connectivity index (χ0n) is 10.7. The largest absolute Gasteiger partial charge is 0.481 e. The summed E-state index contributed by atoms with van der Waals surface area (Å²) < 4.78 is 6.12. The second-order valence-electron chi connectivity index (χ2n) is 4.24. The van der Waals surface area contributed by atoms with Crippen molar-refractivity contribution >= 4 is 33.7 Å². The molecule has 0 aliphatic rings. The Morgan fingerprint density at radius 1 is 1.55 bits per heavy atom. The van der Waals surface area contributed by atoms with Crippen LogP contribution >= 0.6 is 27.7 Å². The summed E-state index contributed by atoms with van der Waals surface area (Å²) in [4.78, 5) is 14.9. The van der Waals surface area contributed by atoms with Crippen LogP contribution in [0.15, 0.2) is 33.3 Å². The normalized spacial score (nSPS) is 12.3. The van der Waals surface area contributed by atoms with E-state index in [0.717, 1.165) is 10.0 Å². The fourth-order valence-electron chi connectivity index (χ4n) is 1.58. The van der Waals surface area contributed by atoms with Crippen molar-refractivity contribution in [3.8, 4) is 11.4 Å². The molecule has 0 amide bonds. The van der Waals surface area contributed by atoms with Gasteiger partial charge in [0.05, 0.1) is 12.2 Å². The Morgan fingerprint density at radius 2 is 2.35 bits per heavy atom. The van der Waals surface area contributed by atoms with E-state index >= 15 is 0 Å². The standard InChI is InChI=1S/C13H13BrN2O3S/c1-8(5-12(17)18)20-7-11-15-13(16-19-11)9-3-2-4-10(14)6-9/h2-4,6,8H,5,7H2,1H3,(H,17,18). The van der Waals surface area contributed by atoms with Crippen LogP contribution in [0.5, 0.6) is 0 Å². The Morgan fingerprint density at radius 3 is 3.05 bits per heavy atom. The van der Waals surface area contributed by atoms with Gasteiger partial charge in [0.25, 0.3) is 0 Å². The lowest BCUT2D eigenvalue weighted by molar-refractivity contribution is -0.136. The Bertz CT molecular complexity index is 603. The Balaban J connectivity index is 1.97. The zero-order valence-corrected chi connectivity index (χ0v) is 13.1. The molecule has 1 aromatic heterocycles. The molecule has 1 unspecified atom stereocenters. The number of rotatable bonds is 6. The molecule has 1 atom stereocenters. The van der Waals surface area contributed by atoms with Crippen molar-refractivity contribution in [2.24, 2.45) is 0 Å². The lowest BCUT2D eigenvalue weighted by Crippen LogP contribution is -2.05. The van der Waals surface area contributed by atoms with Gasteiger partial charge in [-0.25, -0.2) is 0 Å². The number of hydrogen-bond donors (Lipinski definition) is 1. The number of carboxylic acids is 1. The second kappa shape index (κ2) is 6.90. The quantitative estimate of drug-likeness (QED) is 0.851. The summed E-state index contributed by atoms with van der Waals surface area (Å²) >= 11 is 4.88. The summed E-state index contributed by atoms with van der Waals surface area (Å²) in [5, 5.41) is 12.6. The average molecular weight is 357 g/mol. The first kappa shape index (κ1) is 15.1. The third-order valence-corrected chi connectivity index (χ3v) is 4.15. The van der Waals surface area contributed by atoms with Gasteiger partial charge >= 0.3 is 5.97 Å². The van der Waals surface area contributed by atoms with E-state index in [-0.39, 0.29) is 11.7 Å². The Hall–Kier alpha value is -1.34. The van der Waals surface area contributed by atoms with Crippen molar-refractivity contribution in [1.82, 2.24) is 10.1 Å². The fourth-order valence-corrected chi connectivity index (χ4v) is 2.78. The molecule has 1 N–H and O–H groups in total. The van der Waals surface area contributed by atoms with Crippen LogP contribution in [0, 0.1) is 0 Å². The van der Waals surface area contributed by atoms with E-state index in [2.05, 4.69) is 26.1 Å². The van der Waals surface area contributed by atoms with E-state index in [1.807, 2.05) is 31.2 Å². The number of thioether (sulfide) groups is 1. The number of aliphatic carboxylic acids is 1. The molecule has 2 aromatic rings. The van der Waals surface area contributed by atoms with Crippen molar-refractivity contribution in [2.45, 2.75) is 24.3 Å². The van der Waals surface area contributed by atoms with Crippen molar-refractivity contribution in [1.29, 1.82) is 0 Å². The predicted octanol–water partition coefficient (Wildman–Crippen LogP) is 3.60. The van der Waals surface area contributed by atoms with Gasteiger partial charge in [-0.1, -0.05) is 40.1 Å². The molecule has 0 fully saturated rings. The topological polar surface area (TPSA) is 76.2 Å². The highest BCUT2D eigenvalue weighted by Crippen LogP contribution is 2.23. The molecule has 0 bridgehead atoms. The molecular weight excluding hydrogens is 344 g/mol. The molecule has 5 nitrogen and oxygen atoms in total. The van der Waals surface area contributed by atoms with Crippen molar-refractivity contribution in [3.05, 3.63) is 34.6 Å². The van der Waals surface area contributed by atoms with Crippen LogP contribution in [0.3, 0.4) is 0 Å². The molecule has 2 rings (SSSR count). The van der Waals surface area contributed by atoms with Gasteiger partial charge in [0.2, 0.25) is 11.7 Å². The third-order valence-electron chi connectivity index (χ3n) is 2.50. The molecule has 106 valence electrons. The number of carbonyl (C=O) groups is 1. The van der Waals surface area contributed by atoms with Crippen LogP contribution < -0.4 is 0 Å². The number of benzene rings is 1. The van der Waals surface area contributed by atoms with E-state index < -0.39 is 5.97 Å².